The van der Waals surface area contributed by atoms with E-state index in [4.69, 9.17) is 0 Å². The van der Waals surface area contributed by atoms with Crippen LogP contribution in [0, 0.1) is 11.8 Å². The van der Waals surface area contributed by atoms with Crippen molar-refractivity contribution < 1.29 is 5.11 Å². The SMILES string of the molecule is CCC1(O)C2CCCC21. The van der Waals surface area contributed by atoms with Crippen molar-refractivity contribution in [2.24, 2.45) is 11.8 Å². The van der Waals surface area contributed by atoms with E-state index in [-0.39, 0.29) is 5.60 Å². The van der Waals surface area contributed by atoms with Gasteiger partial charge in [0, 0.05) is 0 Å². The van der Waals surface area contributed by atoms with Gasteiger partial charge in [-0.05, 0) is 31.1 Å². The summed E-state index contributed by atoms with van der Waals surface area (Å²) in [6.45, 7) is 2.10. The highest BCUT2D eigenvalue weighted by molar-refractivity contribution is 5.13. The zero-order chi connectivity index (χ0) is 6.48. The second-order valence-electron chi connectivity index (χ2n) is 3.49. The molecule has 0 aromatic carbocycles. The van der Waals surface area contributed by atoms with Crippen LogP contribution < -0.4 is 0 Å². The van der Waals surface area contributed by atoms with Gasteiger partial charge in [-0.2, -0.15) is 0 Å². The molecule has 0 bridgehead atoms. The molecular formula is C8H14O. The van der Waals surface area contributed by atoms with Crippen molar-refractivity contribution in [2.75, 3.05) is 0 Å². The minimum Gasteiger partial charge on any atom is -0.389 e. The maximum atomic E-state index is 9.72. The van der Waals surface area contributed by atoms with Crippen molar-refractivity contribution in [2.45, 2.75) is 38.2 Å². The van der Waals surface area contributed by atoms with Gasteiger partial charge in [0.25, 0.3) is 0 Å². The Labute approximate surface area is 56.1 Å². The molecule has 0 spiro atoms. The standard InChI is InChI=1S/C8H14O/c1-2-8(9)6-4-3-5-7(6)8/h6-7,9H,2-5H2,1H3. The Kier molecular flexibility index (Phi) is 0.963. The highest BCUT2D eigenvalue weighted by atomic mass is 16.3. The summed E-state index contributed by atoms with van der Waals surface area (Å²) in [6, 6.07) is 0. The molecule has 0 radical (unpaired) electrons. The molecule has 0 aliphatic heterocycles. The van der Waals surface area contributed by atoms with Gasteiger partial charge in [-0.3, -0.25) is 0 Å². The number of hydrogen-bond donors (Lipinski definition) is 1. The van der Waals surface area contributed by atoms with Crippen LogP contribution in [0.15, 0.2) is 0 Å². The lowest BCUT2D eigenvalue weighted by Crippen LogP contribution is -2.13. The molecule has 0 saturated heterocycles. The average molecular weight is 126 g/mol. The Balaban J connectivity index is 2.07. The molecule has 2 aliphatic carbocycles. The topological polar surface area (TPSA) is 20.2 Å². The van der Waals surface area contributed by atoms with Crippen LogP contribution in [0.1, 0.15) is 32.6 Å². The van der Waals surface area contributed by atoms with E-state index in [9.17, 15) is 5.11 Å². The van der Waals surface area contributed by atoms with Crippen molar-refractivity contribution in [3.8, 4) is 0 Å². The highest BCUT2D eigenvalue weighted by Gasteiger charge is 2.63. The highest BCUT2D eigenvalue weighted by Crippen LogP contribution is 2.61. The smallest absolute Gasteiger partial charge is 0.0708 e. The first-order chi connectivity index (χ1) is 4.29. The van der Waals surface area contributed by atoms with Gasteiger partial charge in [0.2, 0.25) is 0 Å². The van der Waals surface area contributed by atoms with E-state index in [2.05, 4.69) is 6.92 Å². The van der Waals surface area contributed by atoms with Gasteiger partial charge >= 0.3 is 0 Å². The minimum atomic E-state index is -0.196. The molecule has 9 heavy (non-hydrogen) atoms. The van der Waals surface area contributed by atoms with Crippen LogP contribution in [0.5, 0.6) is 0 Å². The Morgan fingerprint density at radius 2 is 2.00 bits per heavy atom. The second-order valence-corrected chi connectivity index (χ2v) is 3.49. The monoisotopic (exact) mass is 126 g/mol. The van der Waals surface area contributed by atoms with E-state index in [0.717, 1.165) is 6.42 Å². The van der Waals surface area contributed by atoms with Crippen molar-refractivity contribution >= 4 is 0 Å². The fourth-order valence-corrected chi connectivity index (χ4v) is 2.57. The Morgan fingerprint density at radius 1 is 1.44 bits per heavy atom. The van der Waals surface area contributed by atoms with Crippen LogP contribution in [-0.2, 0) is 0 Å². The van der Waals surface area contributed by atoms with Gasteiger partial charge in [-0.15, -0.1) is 0 Å². The van der Waals surface area contributed by atoms with E-state index < -0.39 is 0 Å². The maximum Gasteiger partial charge on any atom is 0.0708 e. The largest absolute Gasteiger partial charge is 0.389 e. The third-order valence-electron chi connectivity index (χ3n) is 3.26. The summed E-state index contributed by atoms with van der Waals surface area (Å²) in [4.78, 5) is 0. The van der Waals surface area contributed by atoms with Crippen LogP contribution >= 0.6 is 0 Å². The zero-order valence-electron chi connectivity index (χ0n) is 5.93. The maximum absolute atomic E-state index is 9.72. The molecule has 2 aliphatic rings. The van der Waals surface area contributed by atoms with Gasteiger partial charge < -0.3 is 5.11 Å². The first-order valence-electron chi connectivity index (χ1n) is 4.01. The third kappa shape index (κ3) is 0.536. The van der Waals surface area contributed by atoms with E-state index in [1.807, 2.05) is 0 Å². The van der Waals surface area contributed by atoms with Crippen LogP contribution in [0.2, 0.25) is 0 Å². The summed E-state index contributed by atoms with van der Waals surface area (Å²) in [6.07, 6.45) is 4.91. The number of aliphatic hydroxyl groups is 1. The lowest BCUT2D eigenvalue weighted by molar-refractivity contribution is 0.102. The first-order valence-corrected chi connectivity index (χ1v) is 4.01. The van der Waals surface area contributed by atoms with Gasteiger partial charge in [-0.25, -0.2) is 0 Å². The normalized spacial score (nSPS) is 55.3. The number of fused-ring (bicyclic) bond motifs is 1. The summed E-state index contributed by atoms with van der Waals surface area (Å²) in [5, 5.41) is 9.72. The zero-order valence-corrected chi connectivity index (χ0v) is 5.93. The molecule has 1 nitrogen and oxygen atoms in total. The van der Waals surface area contributed by atoms with Crippen LogP contribution in [0.3, 0.4) is 0 Å². The van der Waals surface area contributed by atoms with E-state index in [0.29, 0.717) is 11.8 Å². The van der Waals surface area contributed by atoms with Crippen molar-refractivity contribution in [1.82, 2.24) is 0 Å². The molecule has 52 valence electrons. The molecule has 0 aromatic heterocycles. The van der Waals surface area contributed by atoms with Crippen molar-refractivity contribution in [1.29, 1.82) is 0 Å². The predicted octanol–water partition coefficient (Wildman–Crippen LogP) is 1.56. The molecule has 0 amide bonds. The van der Waals surface area contributed by atoms with Crippen molar-refractivity contribution in [3.63, 3.8) is 0 Å². The van der Waals surface area contributed by atoms with Crippen molar-refractivity contribution in [3.05, 3.63) is 0 Å². The molecule has 2 fully saturated rings. The molecule has 0 aromatic rings. The third-order valence-corrected chi connectivity index (χ3v) is 3.26. The van der Waals surface area contributed by atoms with Gasteiger partial charge in [0.15, 0.2) is 0 Å². The molecular weight excluding hydrogens is 112 g/mol. The summed E-state index contributed by atoms with van der Waals surface area (Å²) in [5.41, 5.74) is -0.196. The molecule has 2 atom stereocenters. The fraction of sp³-hybridized carbons (Fsp3) is 1.00. The lowest BCUT2D eigenvalue weighted by Gasteiger charge is -2.09. The van der Waals surface area contributed by atoms with Gasteiger partial charge in [0.1, 0.15) is 0 Å². The lowest BCUT2D eigenvalue weighted by atomic mass is 10.1. The first kappa shape index (κ1) is 5.72. The average Bonchev–Trinajstić information content (AvgIpc) is 2.39. The van der Waals surface area contributed by atoms with Gasteiger partial charge in [-0.1, -0.05) is 13.3 Å². The fourth-order valence-electron chi connectivity index (χ4n) is 2.57. The summed E-state index contributed by atoms with van der Waals surface area (Å²) < 4.78 is 0. The summed E-state index contributed by atoms with van der Waals surface area (Å²) in [5.74, 6) is 1.39. The quantitative estimate of drug-likeness (QED) is 0.565. The van der Waals surface area contributed by atoms with E-state index in [1.54, 1.807) is 0 Å². The predicted molar refractivity (Wildman–Crippen MR) is 36.1 cm³/mol. The van der Waals surface area contributed by atoms with Crippen LogP contribution in [-0.4, -0.2) is 10.7 Å². The molecule has 1 N–H and O–H groups in total. The molecule has 2 unspecified atom stereocenters. The second kappa shape index (κ2) is 1.51. The molecule has 1 heteroatoms. The Bertz CT molecular complexity index is 121. The Morgan fingerprint density at radius 3 is 2.33 bits per heavy atom. The van der Waals surface area contributed by atoms with Crippen LogP contribution in [0.4, 0.5) is 0 Å². The number of hydrogen-bond acceptors (Lipinski definition) is 1. The Hall–Kier alpha value is -0.0400. The van der Waals surface area contributed by atoms with E-state index in [1.165, 1.54) is 19.3 Å². The molecule has 2 rings (SSSR count). The molecule has 2 saturated carbocycles. The summed E-state index contributed by atoms with van der Waals surface area (Å²) >= 11 is 0. The molecule has 0 heterocycles. The van der Waals surface area contributed by atoms with Gasteiger partial charge in [0.05, 0.1) is 5.60 Å². The minimum absolute atomic E-state index is 0.196. The summed E-state index contributed by atoms with van der Waals surface area (Å²) in [7, 11) is 0. The number of rotatable bonds is 1. The van der Waals surface area contributed by atoms with E-state index >= 15 is 0 Å². The van der Waals surface area contributed by atoms with Crippen LogP contribution in [0.25, 0.3) is 0 Å².